The third-order valence-electron chi connectivity index (χ3n) is 2.39. The normalized spacial score (nSPS) is 14.7. The number of carboxylic acids is 1. The largest absolute Gasteiger partial charge is 0.480 e. The number of halogens is 2. The summed E-state index contributed by atoms with van der Waals surface area (Å²) in [5, 5.41) is 11.4. The summed E-state index contributed by atoms with van der Waals surface area (Å²) in [6.45, 7) is 1.27. The van der Waals surface area contributed by atoms with Crippen LogP contribution >= 0.6 is 0 Å². The van der Waals surface area contributed by atoms with Gasteiger partial charge < -0.3 is 10.4 Å². The zero-order valence-corrected chi connectivity index (χ0v) is 8.34. The molecule has 5 heteroatoms. The van der Waals surface area contributed by atoms with Gasteiger partial charge in [0.15, 0.2) is 0 Å². The molecular weight excluding hydrogens is 204 g/mol. The van der Waals surface area contributed by atoms with Crippen molar-refractivity contribution in [2.24, 2.45) is 0 Å². The van der Waals surface area contributed by atoms with Gasteiger partial charge in [0.1, 0.15) is 17.2 Å². The average molecular weight is 215 g/mol. The number of rotatable bonds is 3. The molecule has 2 N–H and O–H groups in total. The molecule has 3 nitrogen and oxygen atoms in total. The number of aliphatic carboxylic acids is 1. The van der Waals surface area contributed by atoms with Crippen molar-refractivity contribution in [1.82, 2.24) is 5.32 Å². The van der Waals surface area contributed by atoms with E-state index in [9.17, 15) is 13.6 Å². The minimum atomic E-state index is -1.63. The fourth-order valence-corrected chi connectivity index (χ4v) is 1.24. The van der Waals surface area contributed by atoms with Gasteiger partial charge in [0.25, 0.3) is 0 Å². The van der Waals surface area contributed by atoms with E-state index in [2.05, 4.69) is 5.32 Å². The van der Waals surface area contributed by atoms with Gasteiger partial charge >= 0.3 is 5.97 Å². The van der Waals surface area contributed by atoms with Crippen molar-refractivity contribution in [3.8, 4) is 0 Å². The molecule has 0 heterocycles. The molecule has 0 saturated heterocycles. The Morgan fingerprint density at radius 2 is 2.07 bits per heavy atom. The molecule has 1 rings (SSSR count). The van der Waals surface area contributed by atoms with Gasteiger partial charge in [0, 0.05) is 5.56 Å². The van der Waals surface area contributed by atoms with Crippen molar-refractivity contribution < 1.29 is 18.7 Å². The zero-order chi connectivity index (χ0) is 11.6. The summed E-state index contributed by atoms with van der Waals surface area (Å²) >= 11 is 0. The van der Waals surface area contributed by atoms with Crippen molar-refractivity contribution >= 4 is 5.97 Å². The minimum Gasteiger partial charge on any atom is -0.480 e. The van der Waals surface area contributed by atoms with Crippen LogP contribution in [0.15, 0.2) is 18.2 Å². The Kier molecular flexibility index (Phi) is 3.04. The van der Waals surface area contributed by atoms with Gasteiger partial charge in [0.2, 0.25) is 0 Å². The first-order valence-corrected chi connectivity index (χ1v) is 4.29. The molecule has 15 heavy (non-hydrogen) atoms. The maximum absolute atomic E-state index is 13.3. The minimum absolute atomic E-state index is 0.225. The van der Waals surface area contributed by atoms with Crippen molar-refractivity contribution in [2.75, 3.05) is 7.05 Å². The standard InChI is InChI=1S/C10H11F2NO2/c1-10(13-2,9(14)15)7-5-6(11)3-4-8(7)12/h3-5,13H,1-2H3,(H,14,15). The molecule has 1 aromatic rings. The van der Waals surface area contributed by atoms with E-state index >= 15 is 0 Å². The Bertz CT molecular complexity index is 395. The Balaban J connectivity index is 3.35. The molecule has 1 atom stereocenters. The first-order valence-electron chi connectivity index (χ1n) is 4.29. The zero-order valence-electron chi connectivity index (χ0n) is 8.34. The molecule has 82 valence electrons. The molecule has 0 spiro atoms. The Morgan fingerprint density at radius 1 is 1.47 bits per heavy atom. The van der Waals surface area contributed by atoms with Crippen LogP contribution < -0.4 is 5.32 Å². The molecule has 0 radical (unpaired) electrons. The van der Waals surface area contributed by atoms with Crippen LogP contribution in [0.4, 0.5) is 8.78 Å². The lowest BCUT2D eigenvalue weighted by Gasteiger charge is -2.25. The van der Waals surface area contributed by atoms with Crippen molar-refractivity contribution in [2.45, 2.75) is 12.5 Å². The summed E-state index contributed by atoms with van der Waals surface area (Å²) < 4.78 is 26.2. The van der Waals surface area contributed by atoms with Gasteiger partial charge in [0.05, 0.1) is 0 Å². The van der Waals surface area contributed by atoms with Crippen molar-refractivity contribution in [3.05, 3.63) is 35.4 Å². The third-order valence-corrected chi connectivity index (χ3v) is 2.39. The van der Waals surface area contributed by atoms with Gasteiger partial charge in [-0.1, -0.05) is 0 Å². The van der Waals surface area contributed by atoms with Crippen LogP contribution in [-0.4, -0.2) is 18.1 Å². The number of nitrogens with one attached hydrogen (secondary N) is 1. The highest BCUT2D eigenvalue weighted by molar-refractivity contribution is 5.80. The second kappa shape index (κ2) is 3.94. The highest BCUT2D eigenvalue weighted by atomic mass is 19.1. The molecule has 0 aliphatic carbocycles. The van der Waals surface area contributed by atoms with E-state index in [1.807, 2.05) is 0 Å². The van der Waals surface area contributed by atoms with E-state index < -0.39 is 23.1 Å². The first-order chi connectivity index (χ1) is 6.91. The number of hydrogen-bond donors (Lipinski definition) is 2. The summed E-state index contributed by atoms with van der Waals surface area (Å²) in [6, 6.07) is 2.72. The fraction of sp³-hybridized carbons (Fsp3) is 0.300. The first kappa shape index (κ1) is 11.6. The van der Waals surface area contributed by atoms with Crippen LogP contribution in [0.5, 0.6) is 0 Å². The Labute approximate surface area is 85.7 Å². The monoisotopic (exact) mass is 215 g/mol. The van der Waals surface area contributed by atoms with Crippen LogP contribution in [0.2, 0.25) is 0 Å². The average Bonchev–Trinajstić information content (AvgIpc) is 2.20. The summed E-state index contributed by atoms with van der Waals surface area (Å²) in [7, 11) is 1.37. The molecule has 1 unspecified atom stereocenters. The number of benzene rings is 1. The maximum atomic E-state index is 13.3. The second-order valence-electron chi connectivity index (χ2n) is 3.30. The van der Waals surface area contributed by atoms with Gasteiger partial charge in [-0.25, -0.2) is 13.6 Å². The number of likely N-dealkylation sites (N-methyl/N-ethyl adjacent to an activating group) is 1. The summed E-state index contributed by atoms with van der Waals surface area (Å²) in [5.74, 6) is -2.70. The smallest absolute Gasteiger partial charge is 0.328 e. The van der Waals surface area contributed by atoms with Crippen LogP contribution in [0, 0.1) is 11.6 Å². The topological polar surface area (TPSA) is 49.3 Å². The second-order valence-corrected chi connectivity index (χ2v) is 3.30. The predicted molar refractivity (Wildman–Crippen MR) is 50.4 cm³/mol. The van der Waals surface area contributed by atoms with Gasteiger partial charge in [-0.05, 0) is 32.2 Å². The molecule has 0 bridgehead atoms. The lowest BCUT2D eigenvalue weighted by molar-refractivity contribution is -0.144. The SMILES string of the molecule is CNC(C)(C(=O)O)c1cc(F)ccc1F. The van der Waals surface area contributed by atoms with Gasteiger partial charge in [-0.3, -0.25) is 0 Å². The van der Waals surface area contributed by atoms with E-state index in [1.54, 1.807) is 0 Å². The van der Waals surface area contributed by atoms with Gasteiger partial charge in [-0.2, -0.15) is 0 Å². The number of carboxylic acid groups (broad SMARTS) is 1. The van der Waals surface area contributed by atoms with Crippen LogP contribution in [-0.2, 0) is 10.3 Å². The van der Waals surface area contributed by atoms with Crippen LogP contribution in [0.1, 0.15) is 12.5 Å². The van der Waals surface area contributed by atoms with E-state index in [0.29, 0.717) is 0 Å². The highest BCUT2D eigenvalue weighted by Gasteiger charge is 2.36. The lowest BCUT2D eigenvalue weighted by Crippen LogP contribution is -2.45. The molecule has 0 aliphatic heterocycles. The van der Waals surface area contributed by atoms with E-state index in [0.717, 1.165) is 18.2 Å². The molecule has 0 saturated carbocycles. The fourth-order valence-electron chi connectivity index (χ4n) is 1.24. The third kappa shape index (κ3) is 1.97. The van der Waals surface area contributed by atoms with E-state index in [4.69, 9.17) is 5.11 Å². The lowest BCUT2D eigenvalue weighted by atomic mass is 9.92. The summed E-state index contributed by atoms with van der Waals surface area (Å²) in [5.41, 5.74) is -1.86. The molecule has 0 aliphatic rings. The quantitative estimate of drug-likeness (QED) is 0.803. The van der Waals surface area contributed by atoms with Crippen molar-refractivity contribution in [3.63, 3.8) is 0 Å². The molecule has 0 amide bonds. The maximum Gasteiger partial charge on any atom is 0.328 e. The molecule has 0 aromatic heterocycles. The molecule has 1 aromatic carbocycles. The van der Waals surface area contributed by atoms with Gasteiger partial charge in [-0.15, -0.1) is 0 Å². The summed E-state index contributed by atoms with van der Waals surface area (Å²) in [6.07, 6.45) is 0. The van der Waals surface area contributed by atoms with Crippen LogP contribution in [0.3, 0.4) is 0 Å². The molecule has 0 fully saturated rings. The molecular formula is C10H11F2NO2. The van der Waals surface area contributed by atoms with Crippen LogP contribution in [0.25, 0.3) is 0 Å². The predicted octanol–water partition coefficient (Wildman–Crippen LogP) is 1.48. The number of hydrogen-bond acceptors (Lipinski definition) is 2. The number of carbonyl (C=O) groups is 1. The highest BCUT2D eigenvalue weighted by Crippen LogP contribution is 2.24. The van der Waals surface area contributed by atoms with E-state index in [1.165, 1.54) is 14.0 Å². The Morgan fingerprint density at radius 3 is 2.53 bits per heavy atom. The Hall–Kier alpha value is -1.49. The summed E-state index contributed by atoms with van der Waals surface area (Å²) in [4.78, 5) is 11.0. The van der Waals surface area contributed by atoms with E-state index in [-0.39, 0.29) is 5.56 Å². The van der Waals surface area contributed by atoms with Crippen molar-refractivity contribution in [1.29, 1.82) is 0 Å².